The predicted molar refractivity (Wildman–Crippen MR) is 86.2 cm³/mol. The molecule has 2 aromatic heterocycles. The topological polar surface area (TPSA) is 103 Å². The zero-order chi connectivity index (χ0) is 17.6. The third kappa shape index (κ3) is 2.75. The Morgan fingerprint density at radius 2 is 2.04 bits per heavy atom. The highest BCUT2D eigenvalue weighted by Gasteiger charge is 2.28. The minimum absolute atomic E-state index is 0.227. The standard InChI is InChI=1S/C17H16N4O4/c1-8-15(24-9(2)18-8)17(22)20-13-7-23-14-6-11(4-5-12(13)14)16-19-10(3)25-21-16/h4-6,13H,7H2,1-3H3,(H,20,22)/t13-/m0/s1. The fourth-order valence-corrected chi connectivity index (χ4v) is 2.85. The molecule has 8 heteroatoms. The van der Waals surface area contributed by atoms with E-state index in [4.69, 9.17) is 13.7 Å². The summed E-state index contributed by atoms with van der Waals surface area (Å²) < 4.78 is 16.1. The summed E-state index contributed by atoms with van der Waals surface area (Å²) in [7, 11) is 0. The second-order valence-electron chi connectivity index (χ2n) is 5.87. The van der Waals surface area contributed by atoms with Gasteiger partial charge in [0.05, 0.1) is 11.7 Å². The molecule has 1 atom stereocenters. The lowest BCUT2D eigenvalue weighted by Gasteiger charge is -2.10. The number of nitrogens with zero attached hydrogens (tertiary/aromatic N) is 3. The van der Waals surface area contributed by atoms with Crippen LogP contribution in [0.2, 0.25) is 0 Å². The summed E-state index contributed by atoms with van der Waals surface area (Å²) in [5, 5.41) is 6.82. The van der Waals surface area contributed by atoms with E-state index in [1.54, 1.807) is 20.8 Å². The quantitative estimate of drug-likeness (QED) is 0.781. The first-order chi connectivity index (χ1) is 12.0. The van der Waals surface area contributed by atoms with Crippen LogP contribution in [0.5, 0.6) is 5.75 Å². The molecule has 0 saturated heterocycles. The number of aryl methyl sites for hydroxylation is 3. The Bertz CT molecular complexity index is 959. The molecule has 1 aromatic carbocycles. The number of hydrogen-bond acceptors (Lipinski definition) is 7. The van der Waals surface area contributed by atoms with Crippen LogP contribution in [-0.4, -0.2) is 27.6 Å². The average Bonchev–Trinajstić information content (AvgIpc) is 3.26. The summed E-state index contributed by atoms with van der Waals surface area (Å²) in [4.78, 5) is 20.7. The third-order valence-electron chi connectivity index (χ3n) is 4.00. The van der Waals surface area contributed by atoms with Crippen LogP contribution in [0.1, 0.15) is 39.6 Å². The smallest absolute Gasteiger partial charge is 0.289 e. The van der Waals surface area contributed by atoms with Crippen LogP contribution < -0.4 is 10.1 Å². The van der Waals surface area contributed by atoms with Gasteiger partial charge in [0, 0.05) is 25.0 Å². The van der Waals surface area contributed by atoms with Crippen molar-refractivity contribution in [1.82, 2.24) is 20.4 Å². The molecule has 0 aliphatic carbocycles. The average molecular weight is 340 g/mol. The van der Waals surface area contributed by atoms with Gasteiger partial charge in [0.1, 0.15) is 12.4 Å². The van der Waals surface area contributed by atoms with E-state index in [0.29, 0.717) is 35.7 Å². The van der Waals surface area contributed by atoms with E-state index in [1.165, 1.54) is 0 Å². The maximum Gasteiger partial charge on any atom is 0.289 e. The van der Waals surface area contributed by atoms with Gasteiger partial charge in [-0.3, -0.25) is 4.79 Å². The van der Waals surface area contributed by atoms with Crippen molar-refractivity contribution in [2.45, 2.75) is 26.8 Å². The fraction of sp³-hybridized carbons (Fsp3) is 0.294. The molecular formula is C17H16N4O4. The third-order valence-corrected chi connectivity index (χ3v) is 4.00. The number of carbonyl (C=O) groups is 1. The van der Waals surface area contributed by atoms with E-state index in [9.17, 15) is 4.79 Å². The van der Waals surface area contributed by atoms with Gasteiger partial charge in [-0.25, -0.2) is 4.98 Å². The Hall–Kier alpha value is -3.16. The Morgan fingerprint density at radius 1 is 1.20 bits per heavy atom. The second-order valence-corrected chi connectivity index (χ2v) is 5.87. The van der Waals surface area contributed by atoms with Gasteiger partial charge in [-0.2, -0.15) is 4.98 Å². The molecule has 4 rings (SSSR count). The summed E-state index contributed by atoms with van der Waals surface area (Å²) in [6.07, 6.45) is 0. The van der Waals surface area contributed by atoms with Crippen LogP contribution in [0.3, 0.4) is 0 Å². The molecule has 8 nitrogen and oxygen atoms in total. The first-order valence-electron chi connectivity index (χ1n) is 7.83. The van der Waals surface area contributed by atoms with Crippen LogP contribution in [0, 0.1) is 20.8 Å². The van der Waals surface area contributed by atoms with Crippen molar-refractivity contribution in [2.75, 3.05) is 6.61 Å². The van der Waals surface area contributed by atoms with Crippen molar-refractivity contribution in [2.24, 2.45) is 0 Å². The number of ether oxygens (including phenoxy) is 1. The van der Waals surface area contributed by atoms with E-state index in [1.807, 2.05) is 18.2 Å². The Labute approximate surface area is 143 Å². The summed E-state index contributed by atoms with van der Waals surface area (Å²) in [6.45, 7) is 5.53. The number of oxazole rings is 1. The number of nitrogens with one attached hydrogen (secondary N) is 1. The van der Waals surface area contributed by atoms with Crippen LogP contribution in [-0.2, 0) is 0 Å². The summed E-state index contributed by atoms with van der Waals surface area (Å²) >= 11 is 0. The van der Waals surface area contributed by atoms with Gasteiger partial charge >= 0.3 is 0 Å². The van der Waals surface area contributed by atoms with Crippen LogP contribution in [0.15, 0.2) is 27.1 Å². The van der Waals surface area contributed by atoms with Crippen LogP contribution >= 0.6 is 0 Å². The summed E-state index contributed by atoms with van der Waals surface area (Å²) in [5.74, 6) is 2.08. The lowest BCUT2D eigenvalue weighted by molar-refractivity contribution is 0.0900. The molecule has 0 spiro atoms. The Kier molecular flexibility index (Phi) is 3.52. The number of hydrogen-bond donors (Lipinski definition) is 1. The van der Waals surface area contributed by atoms with Gasteiger partial charge in [0.2, 0.25) is 17.5 Å². The van der Waals surface area contributed by atoms with Gasteiger partial charge in [0.15, 0.2) is 5.89 Å². The second kappa shape index (κ2) is 5.73. The highest BCUT2D eigenvalue weighted by molar-refractivity contribution is 5.92. The molecule has 0 bridgehead atoms. The molecular weight excluding hydrogens is 324 g/mol. The minimum atomic E-state index is -0.308. The van der Waals surface area contributed by atoms with E-state index < -0.39 is 0 Å². The van der Waals surface area contributed by atoms with Gasteiger partial charge < -0.3 is 19.0 Å². The number of amides is 1. The first kappa shape index (κ1) is 15.4. The zero-order valence-corrected chi connectivity index (χ0v) is 14.0. The fourth-order valence-electron chi connectivity index (χ4n) is 2.85. The number of benzene rings is 1. The molecule has 25 heavy (non-hydrogen) atoms. The molecule has 0 radical (unpaired) electrons. The number of rotatable bonds is 3. The van der Waals surface area contributed by atoms with Crippen molar-refractivity contribution < 1.29 is 18.5 Å². The lowest BCUT2D eigenvalue weighted by atomic mass is 10.1. The monoisotopic (exact) mass is 340 g/mol. The number of carbonyl (C=O) groups excluding carboxylic acids is 1. The molecule has 1 aliphatic rings. The zero-order valence-electron chi connectivity index (χ0n) is 14.0. The molecule has 1 aliphatic heterocycles. The van der Waals surface area contributed by atoms with Gasteiger partial charge in [-0.15, -0.1) is 0 Å². The Balaban J connectivity index is 1.56. The SMILES string of the molecule is Cc1nc(-c2ccc3c(c2)OC[C@@H]3NC(=O)c2oc(C)nc2C)no1. The van der Waals surface area contributed by atoms with Crippen LogP contribution in [0.25, 0.3) is 11.4 Å². The predicted octanol–water partition coefficient (Wildman–Crippen LogP) is 2.51. The van der Waals surface area contributed by atoms with Crippen molar-refractivity contribution >= 4 is 5.91 Å². The van der Waals surface area contributed by atoms with Crippen LogP contribution in [0.4, 0.5) is 0 Å². The summed E-state index contributed by atoms with van der Waals surface area (Å²) in [6, 6.07) is 5.36. The van der Waals surface area contributed by atoms with Crippen molar-refractivity contribution in [3.63, 3.8) is 0 Å². The number of fused-ring (bicyclic) bond motifs is 1. The molecule has 1 N–H and O–H groups in total. The van der Waals surface area contributed by atoms with Gasteiger partial charge in [-0.1, -0.05) is 17.3 Å². The van der Waals surface area contributed by atoms with Crippen molar-refractivity contribution in [1.29, 1.82) is 0 Å². The molecule has 0 fully saturated rings. The van der Waals surface area contributed by atoms with Gasteiger partial charge in [-0.05, 0) is 13.0 Å². The maximum atomic E-state index is 12.4. The normalized spacial score (nSPS) is 15.7. The highest BCUT2D eigenvalue weighted by Crippen LogP contribution is 2.35. The molecule has 3 heterocycles. The van der Waals surface area contributed by atoms with E-state index in [2.05, 4.69) is 20.4 Å². The van der Waals surface area contributed by atoms with Gasteiger partial charge in [0.25, 0.3) is 5.91 Å². The molecule has 3 aromatic rings. The lowest BCUT2D eigenvalue weighted by Crippen LogP contribution is -2.29. The first-order valence-corrected chi connectivity index (χ1v) is 7.83. The highest BCUT2D eigenvalue weighted by atomic mass is 16.5. The maximum absolute atomic E-state index is 12.4. The molecule has 1 amide bonds. The van der Waals surface area contributed by atoms with E-state index in [-0.39, 0.29) is 17.7 Å². The van der Waals surface area contributed by atoms with E-state index >= 15 is 0 Å². The Morgan fingerprint density at radius 3 is 2.72 bits per heavy atom. The molecule has 128 valence electrons. The van der Waals surface area contributed by atoms with Crippen molar-refractivity contribution in [3.8, 4) is 17.1 Å². The van der Waals surface area contributed by atoms with E-state index in [0.717, 1.165) is 11.1 Å². The summed E-state index contributed by atoms with van der Waals surface area (Å²) in [5.41, 5.74) is 2.26. The molecule has 0 saturated carbocycles. The van der Waals surface area contributed by atoms with Crippen molar-refractivity contribution in [3.05, 3.63) is 47.0 Å². The number of aromatic nitrogens is 3. The minimum Gasteiger partial charge on any atom is -0.491 e. The largest absolute Gasteiger partial charge is 0.491 e. The molecule has 0 unspecified atom stereocenters.